The molecule has 7 nitrogen and oxygen atoms in total. The fourth-order valence-electron chi connectivity index (χ4n) is 1.66. The van der Waals surface area contributed by atoms with E-state index in [9.17, 15) is 12.6 Å². The second-order valence-corrected chi connectivity index (χ2v) is 7.56. The molecule has 21 heavy (non-hydrogen) atoms. The highest BCUT2D eigenvalue weighted by Gasteiger charge is 2.21. The monoisotopic (exact) mass is 336 g/mol. The van der Waals surface area contributed by atoms with Gasteiger partial charge in [0.25, 0.3) is 0 Å². The minimum absolute atomic E-state index is 0.0547. The number of anilines is 1. The van der Waals surface area contributed by atoms with Crippen molar-refractivity contribution in [1.82, 2.24) is 4.72 Å². The van der Waals surface area contributed by atoms with Gasteiger partial charge in [-0.25, -0.2) is 13.1 Å². The number of ether oxygens (including phenoxy) is 2. The van der Waals surface area contributed by atoms with Crippen LogP contribution in [0.4, 0.5) is 5.69 Å². The second kappa shape index (κ2) is 7.62. The largest absolute Gasteiger partial charge is 0.495 e. The van der Waals surface area contributed by atoms with Crippen LogP contribution in [0.15, 0.2) is 17.0 Å². The van der Waals surface area contributed by atoms with Crippen molar-refractivity contribution in [2.24, 2.45) is 0 Å². The SMILES string of the molecule is COc1cc(OC)c(S(=O)(=O)NCCCS(C)=O)cc1N. The average Bonchev–Trinajstić information content (AvgIpc) is 2.43. The molecule has 0 bridgehead atoms. The zero-order chi connectivity index (χ0) is 16.0. The van der Waals surface area contributed by atoms with Gasteiger partial charge >= 0.3 is 0 Å². The Hall–Kier alpha value is -1.32. The Balaban J connectivity index is 2.97. The predicted octanol–water partition coefficient (Wildman–Crippen LogP) is 0.333. The quantitative estimate of drug-likeness (QED) is 0.523. The van der Waals surface area contributed by atoms with Gasteiger partial charge in [0.05, 0.1) is 19.9 Å². The third-order valence-corrected chi connectivity index (χ3v) is 5.05. The van der Waals surface area contributed by atoms with Gasteiger partial charge in [-0.05, 0) is 12.5 Å². The number of nitrogens with two attached hydrogens (primary N) is 1. The number of nitrogen functional groups attached to an aromatic ring is 1. The number of nitrogens with one attached hydrogen (secondary N) is 1. The molecule has 0 spiro atoms. The molecule has 0 aromatic heterocycles. The van der Waals surface area contributed by atoms with E-state index in [1.807, 2.05) is 0 Å². The molecule has 120 valence electrons. The van der Waals surface area contributed by atoms with Gasteiger partial charge in [0.1, 0.15) is 16.4 Å². The van der Waals surface area contributed by atoms with E-state index in [-0.39, 0.29) is 22.9 Å². The van der Waals surface area contributed by atoms with Crippen LogP contribution >= 0.6 is 0 Å². The molecule has 0 aliphatic carbocycles. The van der Waals surface area contributed by atoms with Crippen LogP contribution in [0.1, 0.15) is 6.42 Å². The van der Waals surface area contributed by atoms with Gasteiger partial charge in [-0.1, -0.05) is 0 Å². The number of rotatable bonds is 8. The zero-order valence-electron chi connectivity index (χ0n) is 12.2. The Morgan fingerprint density at radius 3 is 2.38 bits per heavy atom. The zero-order valence-corrected chi connectivity index (χ0v) is 13.8. The van der Waals surface area contributed by atoms with Crippen molar-refractivity contribution in [2.75, 3.05) is 38.5 Å². The van der Waals surface area contributed by atoms with E-state index in [0.717, 1.165) is 0 Å². The highest BCUT2D eigenvalue weighted by atomic mass is 32.2. The summed E-state index contributed by atoms with van der Waals surface area (Å²) in [5, 5.41) is 0. The minimum Gasteiger partial charge on any atom is -0.495 e. The van der Waals surface area contributed by atoms with E-state index in [1.54, 1.807) is 6.26 Å². The summed E-state index contributed by atoms with van der Waals surface area (Å²) in [7, 11) is -1.91. The molecule has 0 fully saturated rings. The summed E-state index contributed by atoms with van der Waals surface area (Å²) in [4.78, 5) is -0.0547. The maximum atomic E-state index is 12.2. The van der Waals surface area contributed by atoms with E-state index in [1.165, 1.54) is 26.4 Å². The first-order chi connectivity index (χ1) is 9.81. The smallest absolute Gasteiger partial charge is 0.244 e. The van der Waals surface area contributed by atoms with Gasteiger partial charge in [-0.2, -0.15) is 0 Å². The molecule has 1 unspecified atom stereocenters. The van der Waals surface area contributed by atoms with Crippen molar-refractivity contribution in [3.8, 4) is 11.5 Å². The maximum Gasteiger partial charge on any atom is 0.244 e. The van der Waals surface area contributed by atoms with Crippen molar-refractivity contribution in [1.29, 1.82) is 0 Å². The first-order valence-corrected chi connectivity index (χ1v) is 9.34. The van der Waals surface area contributed by atoms with Gasteiger partial charge in [-0.15, -0.1) is 0 Å². The number of methoxy groups -OCH3 is 2. The molecule has 9 heteroatoms. The van der Waals surface area contributed by atoms with Crippen molar-refractivity contribution in [2.45, 2.75) is 11.3 Å². The van der Waals surface area contributed by atoms with Gasteiger partial charge in [0.2, 0.25) is 10.0 Å². The van der Waals surface area contributed by atoms with Crippen molar-refractivity contribution in [3.63, 3.8) is 0 Å². The summed E-state index contributed by atoms with van der Waals surface area (Å²) in [6.07, 6.45) is 2.05. The summed E-state index contributed by atoms with van der Waals surface area (Å²) >= 11 is 0. The van der Waals surface area contributed by atoms with Gasteiger partial charge in [-0.3, -0.25) is 4.21 Å². The highest BCUT2D eigenvalue weighted by Crippen LogP contribution is 2.33. The topological polar surface area (TPSA) is 108 Å². The third kappa shape index (κ3) is 4.87. The summed E-state index contributed by atoms with van der Waals surface area (Å²) in [6.45, 7) is 0.191. The van der Waals surface area contributed by atoms with E-state index in [0.29, 0.717) is 17.9 Å². The second-order valence-electron chi connectivity index (χ2n) is 4.27. The molecule has 1 rings (SSSR count). The van der Waals surface area contributed by atoms with Crippen LogP contribution in [-0.2, 0) is 20.8 Å². The lowest BCUT2D eigenvalue weighted by Gasteiger charge is -2.13. The molecule has 1 aromatic rings. The molecule has 0 heterocycles. The Morgan fingerprint density at radius 2 is 1.86 bits per heavy atom. The normalized spacial score (nSPS) is 12.9. The van der Waals surface area contributed by atoms with Crippen molar-refractivity contribution in [3.05, 3.63) is 12.1 Å². The average molecular weight is 336 g/mol. The standard InChI is InChI=1S/C12H20N2O5S2/c1-18-10-8-11(19-2)12(7-9(10)13)21(16,17)14-5-4-6-20(3)15/h7-8,14H,4-6,13H2,1-3H3. The Kier molecular flexibility index (Phi) is 6.43. The molecule has 3 N–H and O–H groups in total. The molecule has 0 aliphatic heterocycles. The minimum atomic E-state index is -3.76. The summed E-state index contributed by atoms with van der Waals surface area (Å²) in [6, 6.07) is 2.71. The fraction of sp³-hybridized carbons (Fsp3) is 0.500. The molecular weight excluding hydrogens is 316 g/mol. The summed E-state index contributed by atoms with van der Waals surface area (Å²) < 4.78 is 48.0. The molecule has 0 amide bonds. The maximum absolute atomic E-state index is 12.2. The summed E-state index contributed by atoms with van der Waals surface area (Å²) in [5.74, 6) is 0.921. The van der Waals surface area contributed by atoms with Crippen LogP contribution in [0, 0.1) is 0 Å². The highest BCUT2D eigenvalue weighted by molar-refractivity contribution is 7.89. The van der Waals surface area contributed by atoms with E-state index < -0.39 is 20.8 Å². The molecular formula is C12H20N2O5S2. The van der Waals surface area contributed by atoms with E-state index >= 15 is 0 Å². The summed E-state index contributed by atoms with van der Waals surface area (Å²) in [5.41, 5.74) is 5.94. The lowest BCUT2D eigenvalue weighted by atomic mass is 10.3. The van der Waals surface area contributed by atoms with Crippen LogP contribution in [0.2, 0.25) is 0 Å². The lowest BCUT2D eigenvalue weighted by molar-refractivity contribution is 0.387. The Bertz CT molecular complexity index is 616. The first kappa shape index (κ1) is 17.7. The molecule has 0 aliphatic rings. The van der Waals surface area contributed by atoms with E-state index in [2.05, 4.69) is 4.72 Å². The number of hydrogen-bond acceptors (Lipinski definition) is 6. The van der Waals surface area contributed by atoms with Gasteiger partial charge < -0.3 is 15.2 Å². The molecule has 1 aromatic carbocycles. The number of hydrogen-bond donors (Lipinski definition) is 2. The molecule has 0 saturated carbocycles. The third-order valence-electron chi connectivity index (χ3n) is 2.71. The van der Waals surface area contributed by atoms with Crippen LogP contribution < -0.4 is 19.9 Å². The Labute approximate surface area is 127 Å². The van der Waals surface area contributed by atoms with Crippen LogP contribution in [-0.4, -0.2) is 45.4 Å². The van der Waals surface area contributed by atoms with Gasteiger partial charge in [0, 0.05) is 35.4 Å². The van der Waals surface area contributed by atoms with Crippen molar-refractivity contribution < 1.29 is 22.1 Å². The first-order valence-electron chi connectivity index (χ1n) is 6.13. The van der Waals surface area contributed by atoms with Crippen molar-refractivity contribution >= 4 is 26.5 Å². The fourth-order valence-corrected chi connectivity index (χ4v) is 3.47. The van der Waals surface area contributed by atoms with Gasteiger partial charge in [0.15, 0.2) is 0 Å². The molecule has 0 radical (unpaired) electrons. The Morgan fingerprint density at radius 1 is 1.24 bits per heavy atom. The number of benzene rings is 1. The van der Waals surface area contributed by atoms with Crippen LogP contribution in [0.3, 0.4) is 0 Å². The number of sulfonamides is 1. The van der Waals surface area contributed by atoms with E-state index in [4.69, 9.17) is 15.2 Å². The molecule has 1 atom stereocenters. The van der Waals surface area contributed by atoms with Crippen LogP contribution in [0.5, 0.6) is 11.5 Å². The van der Waals surface area contributed by atoms with Crippen LogP contribution in [0.25, 0.3) is 0 Å². The molecule has 0 saturated heterocycles. The lowest BCUT2D eigenvalue weighted by Crippen LogP contribution is -2.26. The predicted molar refractivity (Wildman–Crippen MR) is 82.7 cm³/mol.